The van der Waals surface area contributed by atoms with Crippen molar-refractivity contribution in [1.82, 2.24) is 4.72 Å². The van der Waals surface area contributed by atoms with E-state index in [1.54, 1.807) is 0 Å². The monoisotopic (exact) mass is 288 g/mol. The molecular weight excluding hydrogens is 268 g/mol. The van der Waals surface area contributed by atoms with Crippen LogP contribution in [0.1, 0.15) is 13.8 Å². The lowest BCUT2D eigenvalue weighted by molar-refractivity contribution is 0.227. The number of benzene rings is 1. The molecule has 1 unspecified atom stereocenters. The maximum atomic E-state index is 12.1. The number of nitrogen functional groups attached to an aromatic ring is 1. The molecule has 0 aliphatic rings. The zero-order valence-corrected chi connectivity index (χ0v) is 12.1. The molecule has 6 nitrogen and oxygen atoms in total. The van der Waals surface area contributed by atoms with Gasteiger partial charge in [0.05, 0.1) is 24.3 Å². The van der Waals surface area contributed by atoms with Gasteiger partial charge in [-0.1, -0.05) is 13.8 Å². The van der Waals surface area contributed by atoms with Gasteiger partial charge in [0.25, 0.3) is 0 Å². The van der Waals surface area contributed by atoms with Crippen molar-refractivity contribution in [1.29, 1.82) is 0 Å². The molecule has 0 aliphatic heterocycles. The van der Waals surface area contributed by atoms with Crippen molar-refractivity contribution in [3.63, 3.8) is 0 Å². The van der Waals surface area contributed by atoms with Gasteiger partial charge >= 0.3 is 0 Å². The summed E-state index contributed by atoms with van der Waals surface area (Å²) in [5.41, 5.74) is 5.93. The second kappa shape index (κ2) is 6.23. The Morgan fingerprint density at radius 1 is 1.42 bits per heavy atom. The maximum Gasteiger partial charge on any atom is 0.240 e. The zero-order chi connectivity index (χ0) is 14.6. The molecule has 0 aliphatic carbocycles. The Morgan fingerprint density at radius 2 is 2.05 bits per heavy atom. The Kier molecular flexibility index (Phi) is 5.16. The quantitative estimate of drug-likeness (QED) is 0.664. The number of nitrogens with one attached hydrogen (secondary N) is 1. The molecule has 0 radical (unpaired) electrons. The highest BCUT2D eigenvalue weighted by Gasteiger charge is 2.22. The number of hydrogen-bond donors (Lipinski definition) is 3. The molecule has 108 valence electrons. The van der Waals surface area contributed by atoms with Crippen LogP contribution in [0.3, 0.4) is 0 Å². The first-order valence-corrected chi connectivity index (χ1v) is 7.37. The van der Waals surface area contributed by atoms with Crippen LogP contribution in [0.15, 0.2) is 23.1 Å². The summed E-state index contributed by atoms with van der Waals surface area (Å²) in [5, 5.41) is 9.17. The van der Waals surface area contributed by atoms with E-state index in [1.807, 2.05) is 13.8 Å². The van der Waals surface area contributed by atoms with Crippen LogP contribution in [0, 0.1) is 5.92 Å². The third-order valence-electron chi connectivity index (χ3n) is 2.82. The maximum absolute atomic E-state index is 12.1. The van der Waals surface area contributed by atoms with Gasteiger partial charge < -0.3 is 15.6 Å². The van der Waals surface area contributed by atoms with Crippen LogP contribution in [0.25, 0.3) is 0 Å². The molecule has 7 heteroatoms. The van der Waals surface area contributed by atoms with E-state index < -0.39 is 16.1 Å². The molecule has 19 heavy (non-hydrogen) atoms. The fourth-order valence-corrected chi connectivity index (χ4v) is 2.94. The van der Waals surface area contributed by atoms with E-state index in [4.69, 9.17) is 10.5 Å². The Balaban J connectivity index is 3.03. The summed E-state index contributed by atoms with van der Waals surface area (Å²) < 4.78 is 31.7. The molecule has 0 bridgehead atoms. The van der Waals surface area contributed by atoms with E-state index in [2.05, 4.69) is 4.72 Å². The first-order valence-electron chi connectivity index (χ1n) is 5.88. The predicted octanol–water partition coefficient (Wildman–Crippen LogP) is 0.573. The highest BCUT2D eigenvalue weighted by molar-refractivity contribution is 7.89. The summed E-state index contributed by atoms with van der Waals surface area (Å²) in [6.07, 6.45) is 0. The molecule has 1 rings (SSSR count). The Hall–Kier alpha value is -1.31. The van der Waals surface area contributed by atoms with Gasteiger partial charge in [-0.25, -0.2) is 13.1 Å². The Labute approximate surface area is 113 Å². The highest BCUT2D eigenvalue weighted by atomic mass is 32.2. The van der Waals surface area contributed by atoms with Crippen molar-refractivity contribution in [2.24, 2.45) is 5.92 Å². The molecule has 0 saturated heterocycles. The standard InChI is InChI=1S/C12H20N2O4S/c1-8(2)11(7-15)14-19(16,17)9-4-5-12(18-3)10(13)6-9/h4-6,8,11,14-15H,7,13H2,1-3H3. The van der Waals surface area contributed by atoms with Crippen molar-refractivity contribution in [3.05, 3.63) is 18.2 Å². The van der Waals surface area contributed by atoms with Gasteiger partial charge in [0.15, 0.2) is 0 Å². The number of ether oxygens (including phenoxy) is 1. The van der Waals surface area contributed by atoms with Crippen molar-refractivity contribution in [3.8, 4) is 5.75 Å². The molecule has 1 aromatic carbocycles. The topological polar surface area (TPSA) is 102 Å². The zero-order valence-electron chi connectivity index (χ0n) is 11.3. The number of rotatable bonds is 6. The SMILES string of the molecule is COc1ccc(S(=O)(=O)NC(CO)C(C)C)cc1N. The van der Waals surface area contributed by atoms with Crippen LogP contribution in [-0.4, -0.2) is 33.3 Å². The average molecular weight is 288 g/mol. The first-order chi connectivity index (χ1) is 8.81. The van der Waals surface area contributed by atoms with Gasteiger partial charge in [0.1, 0.15) is 5.75 Å². The largest absolute Gasteiger partial charge is 0.495 e. The van der Waals surface area contributed by atoms with Crippen molar-refractivity contribution < 1.29 is 18.3 Å². The molecule has 0 amide bonds. The molecule has 1 aromatic rings. The van der Waals surface area contributed by atoms with Crippen molar-refractivity contribution in [2.75, 3.05) is 19.5 Å². The fourth-order valence-electron chi connectivity index (χ4n) is 1.53. The predicted molar refractivity (Wildman–Crippen MR) is 73.4 cm³/mol. The molecule has 0 heterocycles. The molecule has 4 N–H and O–H groups in total. The summed E-state index contributed by atoms with van der Waals surface area (Å²) in [4.78, 5) is 0.0462. The van der Waals surface area contributed by atoms with Crippen LogP contribution in [-0.2, 0) is 10.0 Å². The molecule has 0 aromatic heterocycles. The van der Waals surface area contributed by atoms with Gasteiger partial charge in [-0.2, -0.15) is 0 Å². The number of aliphatic hydroxyl groups is 1. The third-order valence-corrected chi connectivity index (χ3v) is 4.31. The van der Waals surface area contributed by atoms with Gasteiger partial charge in [0, 0.05) is 6.04 Å². The number of hydrogen-bond acceptors (Lipinski definition) is 5. The summed E-state index contributed by atoms with van der Waals surface area (Å²) in [6, 6.07) is 3.70. The summed E-state index contributed by atoms with van der Waals surface area (Å²) in [7, 11) is -2.25. The van der Waals surface area contributed by atoms with Crippen LogP contribution < -0.4 is 15.2 Å². The Bertz CT molecular complexity index is 529. The first kappa shape index (κ1) is 15.7. The minimum atomic E-state index is -3.71. The van der Waals surface area contributed by atoms with E-state index in [0.717, 1.165) is 0 Å². The molecule has 0 spiro atoms. The molecular formula is C12H20N2O4S. The number of methoxy groups -OCH3 is 1. The van der Waals surface area contributed by atoms with Crippen molar-refractivity contribution in [2.45, 2.75) is 24.8 Å². The number of sulfonamides is 1. The van der Waals surface area contributed by atoms with Crippen LogP contribution >= 0.6 is 0 Å². The summed E-state index contributed by atoms with van der Waals surface area (Å²) in [5.74, 6) is 0.400. The van der Waals surface area contributed by atoms with Crippen LogP contribution in [0.5, 0.6) is 5.75 Å². The lowest BCUT2D eigenvalue weighted by Crippen LogP contribution is -2.41. The van der Waals surface area contributed by atoms with Gasteiger partial charge in [0.2, 0.25) is 10.0 Å². The van der Waals surface area contributed by atoms with Gasteiger partial charge in [-0.15, -0.1) is 0 Å². The fraction of sp³-hybridized carbons (Fsp3) is 0.500. The number of anilines is 1. The van der Waals surface area contributed by atoms with Crippen LogP contribution in [0.2, 0.25) is 0 Å². The van der Waals surface area contributed by atoms with E-state index in [9.17, 15) is 13.5 Å². The average Bonchev–Trinajstić information content (AvgIpc) is 2.35. The van der Waals surface area contributed by atoms with E-state index in [-0.39, 0.29) is 23.1 Å². The van der Waals surface area contributed by atoms with Crippen molar-refractivity contribution >= 4 is 15.7 Å². The molecule has 0 saturated carbocycles. The normalized spacial score (nSPS) is 13.5. The minimum absolute atomic E-state index is 0.0182. The number of aliphatic hydroxyl groups excluding tert-OH is 1. The number of nitrogens with two attached hydrogens (primary N) is 1. The smallest absolute Gasteiger partial charge is 0.240 e. The van der Waals surface area contributed by atoms with E-state index in [1.165, 1.54) is 25.3 Å². The van der Waals surface area contributed by atoms with E-state index in [0.29, 0.717) is 5.75 Å². The van der Waals surface area contributed by atoms with Gasteiger partial charge in [-0.05, 0) is 24.1 Å². The second-order valence-corrected chi connectivity index (χ2v) is 6.27. The minimum Gasteiger partial charge on any atom is -0.495 e. The van der Waals surface area contributed by atoms with E-state index >= 15 is 0 Å². The highest BCUT2D eigenvalue weighted by Crippen LogP contribution is 2.24. The Morgan fingerprint density at radius 3 is 2.47 bits per heavy atom. The lowest BCUT2D eigenvalue weighted by atomic mass is 10.1. The summed E-state index contributed by atoms with van der Waals surface area (Å²) in [6.45, 7) is 3.39. The lowest BCUT2D eigenvalue weighted by Gasteiger charge is -2.20. The third kappa shape index (κ3) is 3.82. The van der Waals surface area contributed by atoms with Crippen LogP contribution in [0.4, 0.5) is 5.69 Å². The molecule has 0 fully saturated rings. The van der Waals surface area contributed by atoms with Gasteiger partial charge in [-0.3, -0.25) is 0 Å². The second-order valence-electron chi connectivity index (χ2n) is 4.56. The molecule has 1 atom stereocenters. The summed E-state index contributed by atoms with van der Waals surface area (Å²) >= 11 is 0.